The van der Waals surface area contributed by atoms with Crippen molar-refractivity contribution >= 4 is 35.5 Å². The molecule has 3 aromatic carbocycles. The molecule has 7 nitrogen and oxygen atoms in total. The molecule has 33 heavy (non-hydrogen) atoms. The SMILES string of the molecule is COc1ccc(CSCC(=O)N/N=C/c2ccc(OCC(=O)Nc3ccccc3)cc2)cc1. The van der Waals surface area contributed by atoms with E-state index in [1.165, 1.54) is 11.8 Å². The number of benzene rings is 3. The van der Waals surface area contributed by atoms with Crippen LogP contribution in [0, 0.1) is 0 Å². The van der Waals surface area contributed by atoms with Crippen LogP contribution in [0.25, 0.3) is 0 Å². The van der Waals surface area contributed by atoms with Gasteiger partial charge in [0.2, 0.25) is 5.91 Å². The minimum Gasteiger partial charge on any atom is -0.497 e. The van der Waals surface area contributed by atoms with Gasteiger partial charge in [-0.05, 0) is 59.7 Å². The molecule has 0 aliphatic carbocycles. The zero-order valence-electron chi connectivity index (χ0n) is 18.2. The number of anilines is 1. The summed E-state index contributed by atoms with van der Waals surface area (Å²) >= 11 is 1.51. The predicted molar refractivity (Wildman–Crippen MR) is 132 cm³/mol. The molecule has 2 N–H and O–H groups in total. The van der Waals surface area contributed by atoms with E-state index < -0.39 is 0 Å². The van der Waals surface area contributed by atoms with Crippen LogP contribution < -0.4 is 20.2 Å². The Morgan fingerprint density at radius 1 is 0.909 bits per heavy atom. The van der Waals surface area contributed by atoms with Gasteiger partial charge in [-0.25, -0.2) is 5.43 Å². The number of amides is 2. The molecule has 0 aliphatic heterocycles. The van der Waals surface area contributed by atoms with E-state index in [-0.39, 0.29) is 18.4 Å². The van der Waals surface area contributed by atoms with E-state index in [9.17, 15) is 9.59 Å². The van der Waals surface area contributed by atoms with E-state index in [1.807, 2.05) is 54.6 Å². The largest absolute Gasteiger partial charge is 0.497 e. The Labute approximate surface area is 197 Å². The molecule has 0 spiro atoms. The van der Waals surface area contributed by atoms with Gasteiger partial charge in [-0.2, -0.15) is 5.10 Å². The smallest absolute Gasteiger partial charge is 0.262 e. The molecule has 2 amide bonds. The standard InChI is InChI=1S/C25H25N3O4S/c1-31-22-11-9-20(10-12-22)17-33-18-25(30)28-26-15-19-7-13-23(14-8-19)32-16-24(29)27-21-5-3-2-4-6-21/h2-15H,16-18H2,1H3,(H,27,29)(H,28,30)/b26-15+. The molecule has 0 saturated carbocycles. The lowest BCUT2D eigenvalue weighted by molar-refractivity contribution is -0.119. The highest BCUT2D eigenvalue weighted by molar-refractivity contribution is 7.99. The molecule has 0 aliphatic rings. The summed E-state index contributed by atoms with van der Waals surface area (Å²) in [6.45, 7) is -0.0907. The van der Waals surface area contributed by atoms with Crippen molar-refractivity contribution in [1.29, 1.82) is 0 Å². The Bertz CT molecular complexity index is 1060. The maximum Gasteiger partial charge on any atom is 0.262 e. The highest BCUT2D eigenvalue weighted by Crippen LogP contribution is 2.16. The van der Waals surface area contributed by atoms with E-state index in [1.54, 1.807) is 37.6 Å². The number of hydrazone groups is 1. The molecule has 0 heterocycles. The molecule has 0 atom stereocenters. The van der Waals surface area contributed by atoms with Crippen molar-refractivity contribution in [2.24, 2.45) is 5.10 Å². The number of hydrogen-bond acceptors (Lipinski definition) is 6. The average molecular weight is 464 g/mol. The number of nitrogens with zero attached hydrogens (tertiary/aromatic N) is 1. The molecular weight excluding hydrogens is 438 g/mol. The monoisotopic (exact) mass is 463 g/mol. The molecule has 0 aromatic heterocycles. The summed E-state index contributed by atoms with van der Waals surface area (Å²) in [6.07, 6.45) is 1.55. The van der Waals surface area contributed by atoms with E-state index in [0.717, 1.165) is 28.3 Å². The van der Waals surface area contributed by atoms with E-state index in [0.29, 0.717) is 11.5 Å². The zero-order chi connectivity index (χ0) is 23.3. The fourth-order valence-corrected chi connectivity index (χ4v) is 3.49. The normalized spacial score (nSPS) is 10.6. The highest BCUT2D eigenvalue weighted by Gasteiger charge is 2.04. The Balaban J connectivity index is 1.34. The number of hydrogen-bond donors (Lipinski definition) is 2. The van der Waals surface area contributed by atoms with Crippen molar-refractivity contribution in [1.82, 2.24) is 5.43 Å². The lowest BCUT2D eigenvalue weighted by Crippen LogP contribution is -2.20. The topological polar surface area (TPSA) is 89.0 Å². The molecule has 0 unspecified atom stereocenters. The van der Waals surface area contributed by atoms with Gasteiger partial charge in [0.1, 0.15) is 11.5 Å². The number of carbonyl (C=O) groups is 2. The van der Waals surface area contributed by atoms with Crippen LogP contribution in [-0.4, -0.2) is 37.5 Å². The number of methoxy groups -OCH3 is 1. The van der Waals surface area contributed by atoms with Gasteiger partial charge in [0.15, 0.2) is 6.61 Å². The molecule has 0 fully saturated rings. The second-order valence-electron chi connectivity index (χ2n) is 6.91. The van der Waals surface area contributed by atoms with Crippen LogP contribution in [0.15, 0.2) is 84.0 Å². The van der Waals surface area contributed by atoms with Gasteiger partial charge in [-0.15, -0.1) is 11.8 Å². The zero-order valence-corrected chi connectivity index (χ0v) is 19.0. The van der Waals surface area contributed by atoms with Crippen molar-refractivity contribution in [2.45, 2.75) is 5.75 Å². The van der Waals surface area contributed by atoms with Crippen molar-refractivity contribution in [3.63, 3.8) is 0 Å². The van der Waals surface area contributed by atoms with Crippen molar-refractivity contribution in [2.75, 3.05) is 24.8 Å². The molecule has 0 saturated heterocycles. The number of para-hydroxylation sites is 1. The van der Waals surface area contributed by atoms with Gasteiger partial charge in [0.25, 0.3) is 5.91 Å². The fourth-order valence-electron chi connectivity index (χ4n) is 2.71. The summed E-state index contributed by atoms with van der Waals surface area (Å²) in [5.74, 6) is 2.00. The van der Waals surface area contributed by atoms with Gasteiger partial charge in [0.05, 0.1) is 19.1 Å². The number of thioether (sulfide) groups is 1. The Morgan fingerprint density at radius 2 is 1.61 bits per heavy atom. The third-order valence-corrected chi connectivity index (χ3v) is 5.38. The Hall–Kier alpha value is -3.78. The lowest BCUT2D eigenvalue weighted by Gasteiger charge is -2.07. The van der Waals surface area contributed by atoms with Crippen LogP contribution in [0.3, 0.4) is 0 Å². The van der Waals surface area contributed by atoms with E-state index in [2.05, 4.69) is 15.8 Å². The molecule has 0 radical (unpaired) electrons. The van der Waals surface area contributed by atoms with Gasteiger partial charge in [-0.3, -0.25) is 9.59 Å². The van der Waals surface area contributed by atoms with Crippen LogP contribution in [0.1, 0.15) is 11.1 Å². The van der Waals surface area contributed by atoms with Crippen LogP contribution in [0.2, 0.25) is 0 Å². The lowest BCUT2D eigenvalue weighted by atomic mass is 10.2. The Kier molecular flexibility index (Phi) is 9.35. The predicted octanol–water partition coefficient (Wildman–Crippen LogP) is 4.10. The Morgan fingerprint density at radius 3 is 2.30 bits per heavy atom. The molecular formula is C25H25N3O4S. The highest BCUT2D eigenvalue weighted by atomic mass is 32.2. The minimum atomic E-state index is -0.237. The summed E-state index contributed by atoms with van der Waals surface area (Å²) in [6, 6.07) is 24.0. The molecule has 3 rings (SSSR count). The summed E-state index contributed by atoms with van der Waals surface area (Å²) in [7, 11) is 1.63. The first kappa shape index (κ1) is 23.9. The molecule has 3 aromatic rings. The molecule has 170 valence electrons. The van der Waals surface area contributed by atoms with Gasteiger partial charge in [-0.1, -0.05) is 30.3 Å². The first-order valence-corrected chi connectivity index (χ1v) is 11.4. The van der Waals surface area contributed by atoms with Crippen LogP contribution >= 0.6 is 11.8 Å². The molecule has 8 heteroatoms. The second-order valence-corrected chi connectivity index (χ2v) is 7.89. The molecule has 0 bridgehead atoms. The number of rotatable bonds is 11. The second kappa shape index (κ2) is 12.9. The number of nitrogens with one attached hydrogen (secondary N) is 2. The van der Waals surface area contributed by atoms with Crippen molar-refractivity contribution in [3.05, 3.63) is 90.0 Å². The third kappa shape index (κ3) is 8.70. The van der Waals surface area contributed by atoms with Crippen LogP contribution in [0.4, 0.5) is 5.69 Å². The quantitative estimate of drug-likeness (QED) is 0.330. The number of ether oxygens (including phenoxy) is 2. The fraction of sp³-hybridized carbons (Fsp3) is 0.160. The summed E-state index contributed by atoms with van der Waals surface area (Å²) in [4.78, 5) is 23.9. The first-order valence-electron chi connectivity index (χ1n) is 10.2. The first-order chi connectivity index (χ1) is 16.1. The maximum atomic E-state index is 11.9. The van der Waals surface area contributed by atoms with Gasteiger partial charge in [0, 0.05) is 11.4 Å². The summed E-state index contributed by atoms with van der Waals surface area (Å²) in [5, 5.41) is 6.74. The minimum absolute atomic E-state index is 0.0907. The summed E-state index contributed by atoms with van der Waals surface area (Å²) in [5.41, 5.74) is 5.16. The third-order valence-electron chi connectivity index (χ3n) is 4.37. The van der Waals surface area contributed by atoms with E-state index in [4.69, 9.17) is 9.47 Å². The van der Waals surface area contributed by atoms with Crippen molar-refractivity contribution in [3.8, 4) is 11.5 Å². The number of carbonyl (C=O) groups excluding carboxylic acids is 2. The van der Waals surface area contributed by atoms with Crippen LogP contribution in [-0.2, 0) is 15.3 Å². The van der Waals surface area contributed by atoms with Gasteiger partial charge >= 0.3 is 0 Å². The van der Waals surface area contributed by atoms with E-state index >= 15 is 0 Å². The maximum absolute atomic E-state index is 11.9. The summed E-state index contributed by atoms with van der Waals surface area (Å²) < 4.78 is 10.6. The average Bonchev–Trinajstić information content (AvgIpc) is 2.84. The van der Waals surface area contributed by atoms with Gasteiger partial charge < -0.3 is 14.8 Å². The van der Waals surface area contributed by atoms with Crippen molar-refractivity contribution < 1.29 is 19.1 Å². The van der Waals surface area contributed by atoms with Crippen LogP contribution in [0.5, 0.6) is 11.5 Å².